The molecular weight excluding hydrogens is 640 g/mol. The molecule has 11 heteroatoms. The number of hydrogen-bond donors (Lipinski definition) is 5. The monoisotopic (exact) mass is 686 g/mol. The van der Waals surface area contributed by atoms with Crippen LogP contribution in [0.15, 0.2) is 97.3 Å². The van der Waals surface area contributed by atoms with Crippen LogP contribution in [0.25, 0.3) is 11.2 Å². The highest BCUT2D eigenvalue weighted by molar-refractivity contribution is 5.84. The van der Waals surface area contributed by atoms with Gasteiger partial charge in [0.15, 0.2) is 17.0 Å². The zero-order chi connectivity index (χ0) is 34.7. The molecule has 2 aliphatic carbocycles. The first-order valence-corrected chi connectivity index (χ1v) is 18.3. The molecule has 3 aliphatic rings. The molecule has 2 aromatic heterocycles. The Hall–Kier alpha value is -4.84. The van der Waals surface area contributed by atoms with Crippen LogP contribution in [0.1, 0.15) is 60.8 Å². The van der Waals surface area contributed by atoms with Crippen LogP contribution < -0.4 is 16.0 Å². The van der Waals surface area contributed by atoms with Gasteiger partial charge in [-0.2, -0.15) is 9.97 Å². The van der Waals surface area contributed by atoms with E-state index in [9.17, 15) is 15.0 Å². The van der Waals surface area contributed by atoms with Crippen molar-refractivity contribution in [1.29, 1.82) is 0 Å². The molecule has 51 heavy (non-hydrogen) atoms. The Labute approximate surface area is 298 Å². The lowest BCUT2D eigenvalue weighted by atomic mass is 9.84. The lowest BCUT2D eigenvalue weighted by Crippen LogP contribution is -2.46. The summed E-state index contributed by atoms with van der Waals surface area (Å²) in [6, 6.07) is 30.5. The maximum absolute atomic E-state index is 12.8. The third-order valence-corrected chi connectivity index (χ3v) is 11.0. The summed E-state index contributed by atoms with van der Waals surface area (Å²) in [5.74, 6) is 1.09. The Morgan fingerprint density at radius 1 is 0.863 bits per heavy atom. The number of imidazole rings is 1. The van der Waals surface area contributed by atoms with E-state index in [4.69, 9.17) is 15.0 Å². The van der Waals surface area contributed by atoms with Crippen molar-refractivity contribution in [3.63, 3.8) is 0 Å². The number of hydrogen-bond acceptors (Lipinski definition) is 9. The summed E-state index contributed by atoms with van der Waals surface area (Å²) in [6.07, 6.45) is 3.59. The second-order valence-electron chi connectivity index (χ2n) is 14.4. The van der Waals surface area contributed by atoms with Crippen LogP contribution in [0, 0.1) is 5.92 Å². The number of nitrogens with zero attached hydrogens (tertiary/aromatic N) is 5. The molecule has 1 saturated heterocycles. The SMILES string of the molecule is O=C(N[C@H]1C[C@@H](n2cnc3c(NCC(c4ccccc4)c4ccccc4)nc(NC4CCN(Cc5ccccc5)C4)nc32)[C@H](O)[C@@H]1O)C1CCC1. The molecule has 5 N–H and O–H groups in total. The lowest BCUT2D eigenvalue weighted by molar-refractivity contribution is -0.129. The fraction of sp³-hybridized carbons (Fsp3) is 0.400. The standard InChI is InChI=1S/C40H46N8O3/c49-35-32(44-39(51)29-17-10-18-29)21-33(36(35)50)48-25-42-34-37(41-22-31(27-13-6-2-7-14-27)28-15-8-3-9-16-28)45-40(46-38(34)48)43-30-19-20-47(24-30)23-26-11-4-1-5-12-26/h1-9,11-16,25,29-33,35-36,49-50H,10,17-24H2,(H,44,51)(H2,41,43,45,46)/t30?,32-,33+,35+,36-/m0/s1. The third kappa shape index (κ3) is 7.19. The van der Waals surface area contributed by atoms with E-state index >= 15 is 0 Å². The average molecular weight is 687 g/mol. The Balaban J connectivity index is 1.08. The second kappa shape index (κ2) is 14.8. The van der Waals surface area contributed by atoms with E-state index in [1.165, 1.54) is 16.7 Å². The number of aliphatic hydroxyl groups excluding tert-OH is 2. The highest BCUT2D eigenvalue weighted by Gasteiger charge is 2.44. The number of carbonyl (C=O) groups is 1. The Morgan fingerprint density at radius 2 is 1.55 bits per heavy atom. The Morgan fingerprint density at radius 3 is 2.22 bits per heavy atom. The summed E-state index contributed by atoms with van der Waals surface area (Å²) < 4.78 is 1.85. The predicted octanol–water partition coefficient (Wildman–Crippen LogP) is 4.71. The highest BCUT2D eigenvalue weighted by atomic mass is 16.3. The summed E-state index contributed by atoms with van der Waals surface area (Å²) in [7, 11) is 0. The number of anilines is 2. The van der Waals surface area contributed by atoms with Crippen molar-refractivity contribution in [2.24, 2.45) is 5.92 Å². The summed E-state index contributed by atoms with van der Waals surface area (Å²) in [4.78, 5) is 30.0. The van der Waals surface area contributed by atoms with Crippen molar-refractivity contribution in [2.45, 2.75) is 74.9 Å². The Bertz CT molecular complexity index is 1880. The molecule has 3 heterocycles. The fourth-order valence-electron chi connectivity index (χ4n) is 7.86. The van der Waals surface area contributed by atoms with E-state index in [0.717, 1.165) is 45.3 Å². The van der Waals surface area contributed by atoms with Crippen LogP contribution >= 0.6 is 0 Å². The minimum absolute atomic E-state index is 0.00715. The first kappa shape index (κ1) is 33.3. The van der Waals surface area contributed by atoms with E-state index in [1.54, 1.807) is 6.33 Å². The van der Waals surface area contributed by atoms with Crippen LogP contribution in [-0.2, 0) is 11.3 Å². The van der Waals surface area contributed by atoms with Gasteiger partial charge in [0, 0.05) is 44.1 Å². The molecule has 1 unspecified atom stereocenters. The molecule has 0 spiro atoms. The van der Waals surface area contributed by atoms with E-state index in [2.05, 4.69) is 93.6 Å². The van der Waals surface area contributed by atoms with Crippen LogP contribution in [0.2, 0.25) is 0 Å². The van der Waals surface area contributed by atoms with Gasteiger partial charge in [-0.3, -0.25) is 9.69 Å². The van der Waals surface area contributed by atoms with Gasteiger partial charge in [0.1, 0.15) is 12.2 Å². The largest absolute Gasteiger partial charge is 0.388 e. The van der Waals surface area contributed by atoms with E-state index in [-0.39, 0.29) is 23.8 Å². The van der Waals surface area contributed by atoms with Crippen LogP contribution in [0.5, 0.6) is 0 Å². The molecule has 5 aromatic rings. The molecule has 0 bridgehead atoms. The maximum Gasteiger partial charge on any atom is 0.227 e. The highest BCUT2D eigenvalue weighted by Crippen LogP contribution is 2.36. The minimum atomic E-state index is -1.10. The number of fused-ring (bicyclic) bond motifs is 1. The van der Waals surface area contributed by atoms with Gasteiger partial charge in [-0.1, -0.05) is 97.4 Å². The number of likely N-dealkylation sites (tertiary alicyclic amines) is 1. The van der Waals surface area contributed by atoms with Crippen molar-refractivity contribution in [3.8, 4) is 0 Å². The van der Waals surface area contributed by atoms with Gasteiger partial charge in [-0.25, -0.2) is 4.98 Å². The number of carbonyl (C=O) groups excluding carboxylic acids is 1. The molecule has 5 atom stereocenters. The number of aromatic nitrogens is 4. The number of rotatable bonds is 12. The second-order valence-corrected chi connectivity index (χ2v) is 14.4. The fourth-order valence-corrected chi connectivity index (χ4v) is 7.86. The van der Waals surface area contributed by atoms with Crippen molar-refractivity contribution in [2.75, 3.05) is 30.3 Å². The summed E-state index contributed by atoms with van der Waals surface area (Å²) >= 11 is 0. The van der Waals surface area contributed by atoms with E-state index < -0.39 is 24.3 Å². The quantitative estimate of drug-likeness (QED) is 0.126. The molecule has 1 aliphatic heterocycles. The Kier molecular flexibility index (Phi) is 9.66. The van der Waals surface area contributed by atoms with Gasteiger partial charge in [0.25, 0.3) is 0 Å². The van der Waals surface area contributed by atoms with Crippen LogP contribution in [-0.4, -0.2) is 84.5 Å². The first-order valence-electron chi connectivity index (χ1n) is 18.3. The topological polar surface area (TPSA) is 140 Å². The average Bonchev–Trinajstić information content (AvgIpc) is 3.83. The van der Waals surface area contributed by atoms with E-state index in [1.807, 2.05) is 22.8 Å². The molecule has 264 valence electrons. The zero-order valence-corrected chi connectivity index (χ0v) is 28.7. The molecule has 3 aromatic carbocycles. The first-order chi connectivity index (χ1) is 25.0. The van der Waals surface area contributed by atoms with Gasteiger partial charge in [0.05, 0.1) is 18.4 Å². The molecule has 3 fully saturated rings. The molecule has 8 rings (SSSR count). The third-order valence-electron chi connectivity index (χ3n) is 11.0. The van der Waals surface area contributed by atoms with Crippen molar-refractivity contribution < 1.29 is 15.0 Å². The number of nitrogens with one attached hydrogen (secondary N) is 3. The van der Waals surface area contributed by atoms with Crippen molar-refractivity contribution >= 4 is 28.8 Å². The van der Waals surface area contributed by atoms with Gasteiger partial charge in [-0.15, -0.1) is 0 Å². The maximum atomic E-state index is 12.8. The number of amides is 1. The summed E-state index contributed by atoms with van der Waals surface area (Å²) in [5, 5.41) is 32.6. The molecule has 2 saturated carbocycles. The molecule has 1 amide bonds. The molecular formula is C40H46N8O3. The van der Waals surface area contributed by atoms with Gasteiger partial charge < -0.3 is 30.7 Å². The smallest absolute Gasteiger partial charge is 0.227 e. The lowest BCUT2D eigenvalue weighted by Gasteiger charge is -2.27. The van der Waals surface area contributed by atoms with E-state index in [0.29, 0.717) is 35.9 Å². The summed E-state index contributed by atoms with van der Waals surface area (Å²) in [6.45, 7) is 3.28. The normalized spacial score (nSPS) is 23.8. The number of benzene rings is 3. The molecule has 11 nitrogen and oxygen atoms in total. The van der Waals surface area contributed by atoms with Gasteiger partial charge >= 0.3 is 0 Å². The molecule has 0 radical (unpaired) electrons. The van der Waals surface area contributed by atoms with Crippen LogP contribution in [0.3, 0.4) is 0 Å². The summed E-state index contributed by atoms with van der Waals surface area (Å²) in [5.41, 5.74) is 4.81. The van der Waals surface area contributed by atoms with Crippen molar-refractivity contribution in [3.05, 3.63) is 114 Å². The van der Waals surface area contributed by atoms with Crippen molar-refractivity contribution in [1.82, 2.24) is 29.7 Å². The minimum Gasteiger partial charge on any atom is -0.388 e. The van der Waals surface area contributed by atoms with Crippen LogP contribution in [0.4, 0.5) is 11.8 Å². The van der Waals surface area contributed by atoms with Gasteiger partial charge in [-0.05, 0) is 42.4 Å². The predicted molar refractivity (Wildman–Crippen MR) is 197 cm³/mol. The number of aliphatic hydroxyl groups is 2. The zero-order valence-electron chi connectivity index (χ0n) is 28.7. The van der Waals surface area contributed by atoms with Gasteiger partial charge in [0.2, 0.25) is 11.9 Å².